The van der Waals surface area contributed by atoms with Crippen molar-refractivity contribution in [3.05, 3.63) is 46.8 Å². The Bertz CT molecular complexity index is 820. The number of aryl methyl sites for hydroxylation is 1. The van der Waals surface area contributed by atoms with Gasteiger partial charge in [0, 0.05) is 23.0 Å². The van der Waals surface area contributed by atoms with Gasteiger partial charge in [0.2, 0.25) is 5.78 Å². The first kappa shape index (κ1) is 19.6. The van der Waals surface area contributed by atoms with Crippen LogP contribution < -0.4 is 9.47 Å². The van der Waals surface area contributed by atoms with E-state index in [0.717, 1.165) is 11.4 Å². The van der Waals surface area contributed by atoms with Crippen LogP contribution in [0.1, 0.15) is 52.0 Å². The van der Waals surface area contributed by atoms with Crippen LogP contribution in [-0.2, 0) is 4.74 Å². The van der Waals surface area contributed by atoms with Crippen LogP contribution in [-0.4, -0.2) is 37.1 Å². The summed E-state index contributed by atoms with van der Waals surface area (Å²) in [6.45, 7) is 7.67. The zero-order chi connectivity index (χ0) is 19.4. The van der Waals surface area contributed by atoms with Gasteiger partial charge < -0.3 is 18.8 Å². The van der Waals surface area contributed by atoms with Crippen LogP contribution in [0.5, 0.6) is 11.5 Å². The third-order valence-electron chi connectivity index (χ3n) is 4.25. The minimum Gasteiger partial charge on any atom is -0.493 e. The van der Waals surface area contributed by atoms with E-state index in [2.05, 4.69) is 18.4 Å². The molecule has 0 aliphatic carbocycles. The van der Waals surface area contributed by atoms with Crippen LogP contribution in [0.15, 0.2) is 24.3 Å². The van der Waals surface area contributed by atoms with Crippen LogP contribution in [0.25, 0.3) is 0 Å². The van der Waals surface area contributed by atoms with Crippen LogP contribution in [0.3, 0.4) is 0 Å². The molecule has 0 atom stereocenters. The number of nitrogens with zero attached hydrogens (tertiary/aromatic N) is 1. The monoisotopic (exact) mass is 359 g/mol. The molecular weight excluding hydrogens is 334 g/mol. The molecule has 2 aromatic rings. The van der Waals surface area contributed by atoms with Gasteiger partial charge in [-0.25, -0.2) is 4.79 Å². The third-order valence-corrected chi connectivity index (χ3v) is 4.25. The van der Waals surface area contributed by atoms with E-state index in [-0.39, 0.29) is 18.4 Å². The highest BCUT2D eigenvalue weighted by Gasteiger charge is 2.19. The Hall–Kier alpha value is -2.76. The lowest BCUT2D eigenvalue weighted by molar-refractivity contribution is 0.0474. The van der Waals surface area contributed by atoms with Crippen molar-refractivity contribution in [3.8, 4) is 11.5 Å². The lowest BCUT2D eigenvalue weighted by atomic mass is 10.1. The summed E-state index contributed by atoms with van der Waals surface area (Å²) in [5.41, 5.74) is 2.76. The largest absolute Gasteiger partial charge is 0.493 e. The van der Waals surface area contributed by atoms with Crippen LogP contribution >= 0.6 is 0 Å². The number of ether oxygens (including phenoxy) is 3. The first-order valence-electron chi connectivity index (χ1n) is 8.40. The molecule has 1 aromatic heterocycles. The van der Waals surface area contributed by atoms with Gasteiger partial charge in [-0.1, -0.05) is 0 Å². The topological polar surface area (TPSA) is 66.8 Å². The fourth-order valence-corrected chi connectivity index (χ4v) is 3.11. The van der Waals surface area contributed by atoms with Crippen molar-refractivity contribution >= 4 is 11.8 Å². The van der Waals surface area contributed by atoms with Crippen molar-refractivity contribution < 1.29 is 23.8 Å². The molecule has 0 aliphatic rings. The molecule has 0 saturated carbocycles. The van der Waals surface area contributed by atoms with E-state index in [1.165, 1.54) is 20.3 Å². The second-order valence-corrected chi connectivity index (χ2v) is 6.32. The van der Waals surface area contributed by atoms with Crippen molar-refractivity contribution in [3.63, 3.8) is 0 Å². The van der Waals surface area contributed by atoms with Gasteiger partial charge in [0.1, 0.15) is 0 Å². The van der Waals surface area contributed by atoms with E-state index in [1.807, 2.05) is 19.9 Å². The number of ketones is 1. The molecule has 0 bridgehead atoms. The number of hydrogen-bond acceptors (Lipinski definition) is 5. The van der Waals surface area contributed by atoms with Crippen LogP contribution in [0.4, 0.5) is 0 Å². The maximum atomic E-state index is 12.5. The van der Waals surface area contributed by atoms with Gasteiger partial charge in [-0.3, -0.25) is 4.79 Å². The lowest BCUT2D eigenvalue weighted by Gasteiger charge is -2.13. The Morgan fingerprint density at radius 1 is 1.04 bits per heavy atom. The van der Waals surface area contributed by atoms with Crippen molar-refractivity contribution in [1.82, 2.24) is 4.57 Å². The highest BCUT2D eigenvalue weighted by atomic mass is 16.5. The van der Waals surface area contributed by atoms with Gasteiger partial charge in [0.15, 0.2) is 18.1 Å². The molecule has 0 radical (unpaired) electrons. The number of aromatic nitrogens is 1. The van der Waals surface area contributed by atoms with Crippen LogP contribution in [0.2, 0.25) is 0 Å². The maximum Gasteiger partial charge on any atom is 0.338 e. The van der Waals surface area contributed by atoms with E-state index in [4.69, 9.17) is 14.2 Å². The predicted molar refractivity (Wildman–Crippen MR) is 98.5 cm³/mol. The predicted octanol–water partition coefficient (Wildman–Crippen LogP) is 3.74. The van der Waals surface area contributed by atoms with Gasteiger partial charge >= 0.3 is 5.97 Å². The summed E-state index contributed by atoms with van der Waals surface area (Å²) in [6.07, 6.45) is 0. The molecule has 0 unspecified atom stereocenters. The molecular formula is C20H25NO5. The van der Waals surface area contributed by atoms with Gasteiger partial charge in [0.05, 0.1) is 19.8 Å². The molecule has 6 nitrogen and oxygen atoms in total. The van der Waals surface area contributed by atoms with Gasteiger partial charge in [-0.15, -0.1) is 0 Å². The van der Waals surface area contributed by atoms with Crippen molar-refractivity contribution in [2.24, 2.45) is 0 Å². The minimum atomic E-state index is -0.586. The zero-order valence-electron chi connectivity index (χ0n) is 16.1. The Morgan fingerprint density at radius 3 is 2.23 bits per heavy atom. The Morgan fingerprint density at radius 2 is 1.69 bits per heavy atom. The second-order valence-electron chi connectivity index (χ2n) is 6.32. The highest BCUT2D eigenvalue weighted by molar-refractivity contribution is 6.00. The summed E-state index contributed by atoms with van der Waals surface area (Å²) in [5, 5.41) is 0. The standard InChI is InChI=1S/C20H25NO5/c1-12(2)21-13(3)9-16(14(21)4)17(22)11-26-20(23)15-7-8-18(24-5)19(10-15)25-6/h7-10,12H,11H2,1-6H3. The first-order chi connectivity index (χ1) is 12.3. The number of esters is 1. The van der Waals surface area contributed by atoms with Crippen molar-refractivity contribution in [2.75, 3.05) is 20.8 Å². The van der Waals surface area contributed by atoms with Gasteiger partial charge in [0.25, 0.3) is 0 Å². The summed E-state index contributed by atoms with van der Waals surface area (Å²) >= 11 is 0. The maximum absolute atomic E-state index is 12.5. The van der Waals surface area contributed by atoms with Gasteiger partial charge in [-0.05, 0) is 52.0 Å². The van der Waals surface area contributed by atoms with E-state index in [0.29, 0.717) is 22.6 Å². The smallest absolute Gasteiger partial charge is 0.338 e. The SMILES string of the molecule is COc1ccc(C(=O)OCC(=O)c2cc(C)n(C(C)C)c2C)cc1OC. The molecule has 0 fully saturated rings. The molecule has 0 amide bonds. The normalized spacial score (nSPS) is 10.7. The summed E-state index contributed by atoms with van der Waals surface area (Å²) < 4.78 is 17.6. The van der Waals surface area contributed by atoms with Crippen LogP contribution in [0, 0.1) is 13.8 Å². The summed E-state index contributed by atoms with van der Waals surface area (Å²) in [5.74, 6) is 0.130. The number of carbonyl (C=O) groups is 2. The number of hydrogen-bond donors (Lipinski definition) is 0. The third kappa shape index (κ3) is 3.90. The Balaban J connectivity index is 2.10. The molecule has 0 aliphatic heterocycles. The number of carbonyl (C=O) groups excluding carboxylic acids is 2. The average Bonchev–Trinajstić information content (AvgIpc) is 2.93. The molecule has 140 valence electrons. The summed E-state index contributed by atoms with van der Waals surface area (Å²) in [4.78, 5) is 24.7. The van der Waals surface area contributed by atoms with Crippen molar-refractivity contribution in [1.29, 1.82) is 0 Å². The second kappa shape index (κ2) is 8.08. The van der Waals surface area contributed by atoms with E-state index < -0.39 is 5.97 Å². The quantitative estimate of drug-likeness (QED) is 0.556. The molecule has 0 spiro atoms. The number of rotatable bonds is 7. The average molecular weight is 359 g/mol. The number of Topliss-reactive ketones (excluding diaryl/α,β-unsaturated/α-hetero) is 1. The Kier molecular flexibility index (Phi) is 6.08. The summed E-state index contributed by atoms with van der Waals surface area (Å²) in [6, 6.07) is 6.80. The van der Waals surface area contributed by atoms with E-state index in [1.54, 1.807) is 12.1 Å². The molecule has 1 heterocycles. The van der Waals surface area contributed by atoms with Crippen molar-refractivity contribution in [2.45, 2.75) is 33.7 Å². The number of benzene rings is 1. The van der Waals surface area contributed by atoms with E-state index >= 15 is 0 Å². The first-order valence-corrected chi connectivity index (χ1v) is 8.40. The molecule has 6 heteroatoms. The molecule has 0 N–H and O–H groups in total. The fourth-order valence-electron chi connectivity index (χ4n) is 3.11. The zero-order valence-corrected chi connectivity index (χ0v) is 16.1. The number of methoxy groups -OCH3 is 2. The van der Waals surface area contributed by atoms with Gasteiger partial charge in [-0.2, -0.15) is 0 Å². The summed E-state index contributed by atoms with van der Waals surface area (Å²) in [7, 11) is 3.00. The fraction of sp³-hybridized carbons (Fsp3) is 0.400. The van der Waals surface area contributed by atoms with E-state index in [9.17, 15) is 9.59 Å². The molecule has 0 saturated heterocycles. The molecule has 2 rings (SSSR count). The highest BCUT2D eigenvalue weighted by Crippen LogP contribution is 2.28. The molecule has 1 aromatic carbocycles. The lowest BCUT2D eigenvalue weighted by Crippen LogP contribution is -2.15. The molecule has 26 heavy (non-hydrogen) atoms. The minimum absolute atomic E-state index is 0.223. The Labute approximate surface area is 153 Å².